The molecule has 0 aliphatic heterocycles. The minimum atomic E-state index is -4.42. The van der Waals surface area contributed by atoms with Crippen molar-refractivity contribution in [3.63, 3.8) is 0 Å². The highest BCUT2D eigenvalue weighted by atomic mass is 35.5. The number of nitrogens with two attached hydrogens (primary N) is 1. The number of pyridine rings is 1. The summed E-state index contributed by atoms with van der Waals surface area (Å²) in [6.07, 6.45) is -1.81. The van der Waals surface area contributed by atoms with Crippen LogP contribution in [0.25, 0.3) is 0 Å². The SMILES string of the molecule is CCOC(=O)Cn1cc([C@H](N)c2ccc(OCC(F)(F)F)cn2)nn1.Cl.Cl. The number of carbonyl (C=O) groups excluding carboxylic acids is 1. The van der Waals surface area contributed by atoms with Gasteiger partial charge in [0.1, 0.15) is 18.0 Å². The Morgan fingerprint density at radius 1 is 1.30 bits per heavy atom. The minimum absolute atomic E-state index is 0. The summed E-state index contributed by atoms with van der Waals surface area (Å²) in [7, 11) is 0. The lowest BCUT2D eigenvalue weighted by Gasteiger charge is -2.11. The maximum Gasteiger partial charge on any atom is 0.422 e. The molecule has 2 rings (SSSR count). The number of hydrogen-bond acceptors (Lipinski definition) is 7. The number of ether oxygens (including phenoxy) is 2. The van der Waals surface area contributed by atoms with Crippen LogP contribution in [0.3, 0.4) is 0 Å². The van der Waals surface area contributed by atoms with Crippen LogP contribution in [-0.4, -0.2) is 45.3 Å². The smallest absolute Gasteiger partial charge is 0.422 e. The standard InChI is InChI=1S/C14H16F3N5O3.2ClH/c1-2-24-12(23)7-22-6-11(20-21-22)13(18)10-4-3-9(5-19-10)25-8-14(15,16)17;;/h3-6,13H,2,7-8,18H2,1H3;2*1H/t13-;;/m1../s1. The number of alkyl halides is 3. The first kappa shape index (κ1) is 24.9. The predicted octanol–water partition coefficient (Wildman–Crippen LogP) is 2.07. The molecule has 2 aromatic rings. The molecule has 152 valence electrons. The quantitative estimate of drug-likeness (QED) is 0.668. The van der Waals surface area contributed by atoms with Crippen molar-refractivity contribution in [1.82, 2.24) is 20.0 Å². The van der Waals surface area contributed by atoms with E-state index < -0.39 is 24.8 Å². The minimum Gasteiger partial charge on any atom is -0.483 e. The van der Waals surface area contributed by atoms with Gasteiger partial charge in [0.05, 0.1) is 30.7 Å². The van der Waals surface area contributed by atoms with Crippen LogP contribution >= 0.6 is 24.8 Å². The number of halogens is 5. The molecule has 0 aliphatic rings. The van der Waals surface area contributed by atoms with E-state index in [0.717, 1.165) is 6.20 Å². The van der Waals surface area contributed by atoms with E-state index in [1.165, 1.54) is 23.0 Å². The lowest BCUT2D eigenvalue weighted by molar-refractivity contribution is -0.153. The van der Waals surface area contributed by atoms with Crippen molar-refractivity contribution < 1.29 is 27.4 Å². The Balaban J connectivity index is 0.00000338. The molecule has 0 unspecified atom stereocenters. The first-order valence-electron chi connectivity index (χ1n) is 7.25. The first-order chi connectivity index (χ1) is 11.8. The van der Waals surface area contributed by atoms with Gasteiger partial charge in [-0.3, -0.25) is 9.78 Å². The second-order valence-electron chi connectivity index (χ2n) is 4.95. The summed E-state index contributed by atoms with van der Waals surface area (Å²) in [6, 6.07) is 2.00. The van der Waals surface area contributed by atoms with Gasteiger partial charge in [-0.25, -0.2) is 4.68 Å². The number of esters is 1. The molecule has 0 aliphatic carbocycles. The average Bonchev–Trinajstić information content (AvgIpc) is 3.00. The highest BCUT2D eigenvalue weighted by Gasteiger charge is 2.28. The molecule has 2 N–H and O–H groups in total. The van der Waals surface area contributed by atoms with Gasteiger partial charge in [0, 0.05) is 0 Å². The molecular formula is C14H18Cl2F3N5O3. The van der Waals surface area contributed by atoms with Crippen LogP contribution in [0.4, 0.5) is 13.2 Å². The van der Waals surface area contributed by atoms with Crippen LogP contribution in [0.5, 0.6) is 5.75 Å². The van der Waals surface area contributed by atoms with Crippen LogP contribution < -0.4 is 10.5 Å². The van der Waals surface area contributed by atoms with E-state index in [0.29, 0.717) is 11.4 Å². The van der Waals surface area contributed by atoms with E-state index in [4.69, 9.17) is 10.5 Å². The molecule has 13 heteroatoms. The van der Waals surface area contributed by atoms with Gasteiger partial charge < -0.3 is 15.2 Å². The summed E-state index contributed by atoms with van der Waals surface area (Å²) in [4.78, 5) is 15.4. The second kappa shape index (κ2) is 10.9. The monoisotopic (exact) mass is 431 g/mol. The lowest BCUT2D eigenvalue weighted by atomic mass is 10.1. The number of aromatic nitrogens is 4. The first-order valence-corrected chi connectivity index (χ1v) is 7.25. The van der Waals surface area contributed by atoms with E-state index in [1.54, 1.807) is 6.92 Å². The fourth-order valence-corrected chi connectivity index (χ4v) is 1.85. The fraction of sp³-hybridized carbons (Fsp3) is 0.429. The summed E-state index contributed by atoms with van der Waals surface area (Å²) >= 11 is 0. The molecule has 2 heterocycles. The van der Waals surface area contributed by atoms with Gasteiger partial charge in [-0.2, -0.15) is 13.2 Å². The summed E-state index contributed by atoms with van der Waals surface area (Å²) in [5, 5.41) is 7.62. The van der Waals surface area contributed by atoms with Crippen LogP contribution in [-0.2, 0) is 16.1 Å². The summed E-state index contributed by atoms with van der Waals surface area (Å²) < 4.78 is 46.9. The molecule has 1 atom stereocenters. The third-order valence-corrected chi connectivity index (χ3v) is 2.95. The van der Waals surface area contributed by atoms with Crippen LogP contribution in [0.2, 0.25) is 0 Å². The van der Waals surface area contributed by atoms with E-state index in [2.05, 4.69) is 20.0 Å². The number of rotatable bonds is 7. The molecule has 0 radical (unpaired) electrons. The van der Waals surface area contributed by atoms with Crippen molar-refractivity contribution in [2.75, 3.05) is 13.2 Å². The van der Waals surface area contributed by atoms with Crippen molar-refractivity contribution in [3.8, 4) is 5.75 Å². The summed E-state index contributed by atoms with van der Waals surface area (Å²) in [5.74, 6) is -0.490. The van der Waals surface area contributed by atoms with E-state index in [1.807, 2.05) is 0 Å². The van der Waals surface area contributed by atoms with Gasteiger partial charge in [0.2, 0.25) is 0 Å². The number of hydrogen-bond donors (Lipinski definition) is 1. The third kappa shape index (κ3) is 7.97. The van der Waals surface area contributed by atoms with Crippen molar-refractivity contribution >= 4 is 30.8 Å². The Hall–Kier alpha value is -2.11. The second-order valence-corrected chi connectivity index (χ2v) is 4.95. The highest BCUT2D eigenvalue weighted by molar-refractivity contribution is 5.85. The van der Waals surface area contributed by atoms with E-state index in [-0.39, 0.29) is 43.7 Å². The highest BCUT2D eigenvalue weighted by Crippen LogP contribution is 2.20. The predicted molar refractivity (Wildman–Crippen MR) is 93.0 cm³/mol. The zero-order valence-electron chi connectivity index (χ0n) is 14.0. The zero-order chi connectivity index (χ0) is 18.4. The molecule has 0 saturated carbocycles. The van der Waals surface area contributed by atoms with E-state index >= 15 is 0 Å². The number of nitrogens with zero attached hydrogens (tertiary/aromatic N) is 4. The molecule has 8 nitrogen and oxygen atoms in total. The molecule has 0 bridgehead atoms. The Bertz CT molecular complexity index is 713. The van der Waals surface area contributed by atoms with E-state index in [9.17, 15) is 18.0 Å². The van der Waals surface area contributed by atoms with Gasteiger partial charge >= 0.3 is 12.1 Å². The molecule has 0 spiro atoms. The van der Waals surface area contributed by atoms with Crippen molar-refractivity contribution in [3.05, 3.63) is 35.9 Å². The van der Waals surface area contributed by atoms with Gasteiger partial charge in [-0.15, -0.1) is 29.9 Å². The molecule has 0 aromatic carbocycles. The van der Waals surface area contributed by atoms with Gasteiger partial charge in [0.25, 0.3) is 0 Å². The van der Waals surface area contributed by atoms with Crippen LogP contribution in [0, 0.1) is 0 Å². The normalized spacial score (nSPS) is 11.7. The molecule has 0 saturated heterocycles. The van der Waals surface area contributed by atoms with Crippen LogP contribution in [0.1, 0.15) is 24.4 Å². The summed E-state index contributed by atoms with van der Waals surface area (Å²) in [6.45, 7) is 0.439. The maximum absolute atomic E-state index is 12.1. The Morgan fingerprint density at radius 3 is 2.56 bits per heavy atom. The fourth-order valence-electron chi connectivity index (χ4n) is 1.85. The van der Waals surface area contributed by atoms with Gasteiger partial charge in [0.15, 0.2) is 6.61 Å². The zero-order valence-corrected chi connectivity index (χ0v) is 15.7. The molecule has 0 amide bonds. The molecular weight excluding hydrogens is 414 g/mol. The Kier molecular flexibility index (Phi) is 10.0. The van der Waals surface area contributed by atoms with Crippen molar-refractivity contribution in [1.29, 1.82) is 0 Å². The lowest BCUT2D eigenvalue weighted by Crippen LogP contribution is -2.19. The topological polar surface area (TPSA) is 105 Å². The largest absolute Gasteiger partial charge is 0.483 e. The Morgan fingerprint density at radius 2 is 2.00 bits per heavy atom. The molecule has 0 fully saturated rings. The van der Waals surface area contributed by atoms with Crippen molar-refractivity contribution in [2.24, 2.45) is 5.73 Å². The molecule has 27 heavy (non-hydrogen) atoms. The molecule has 2 aromatic heterocycles. The Labute approximate surface area is 165 Å². The number of carbonyl (C=O) groups is 1. The average molecular weight is 432 g/mol. The maximum atomic E-state index is 12.1. The van der Waals surface area contributed by atoms with Crippen LogP contribution in [0.15, 0.2) is 24.5 Å². The van der Waals surface area contributed by atoms with Gasteiger partial charge in [-0.05, 0) is 19.1 Å². The van der Waals surface area contributed by atoms with Gasteiger partial charge in [-0.1, -0.05) is 5.21 Å². The summed E-state index contributed by atoms with van der Waals surface area (Å²) in [5.41, 5.74) is 6.71. The van der Waals surface area contributed by atoms with Crippen molar-refractivity contribution in [2.45, 2.75) is 25.7 Å². The third-order valence-electron chi connectivity index (χ3n) is 2.95.